The number of benzene rings is 2. The number of thiazole rings is 1. The van der Waals surface area contributed by atoms with Crippen molar-refractivity contribution in [2.24, 2.45) is 0 Å². The average Bonchev–Trinajstić information content (AvgIpc) is 3.47. The van der Waals surface area contributed by atoms with Crippen LogP contribution in [0.4, 0.5) is 0 Å². The molecule has 0 atom stereocenters. The summed E-state index contributed by atoms with van der Waals surface area (Å²) in [6.07, 6.45) is 1.88. The molecule has 0 unspecified atom stereocenters. The molecule has 0 bridgehead atoms. The summed E-state index contributed by atoms with van der Waals surface area (Å²) in [5, 5.41) is 4.77. The molecular weight excluding hydrogens is 390 g/mol. The van der Waals surface area contributed by atoms with Crippen LogP contribution in [0, 0.1) is 0 Å². The molecule has 4 aromatic rings. The minimum absolute atomic E-state index is 0.160. The maximum Gasteiger partial charge on any atom is 0.269 e. The van der Waals surface area contributed by atoms with Crippen molar-refractivity contribution >= 4 is 22.2 Å². The second-order valence-corrected chi connectivity index (χ2v) is 7.34. The standard InChI is InChI=1S/C21H17N3O4S/c1-26-15-5-3-14(4-6-15)16-10-24-17(11-29-21(24)23-16)20(25)22-9-13-2-7-18-19(8-13)28-12-27-18/h2-8,10-11H,9,12H2,1H3,(H,22,25). The van der Waals surface area contributed by atoms with Crippen molar-refractivity contribution in [3.05, 3.63) is 65.3 Å². The molecule has 0 radical (unpaired) electrons. The normalized spacial score (nSPS) is 12.3. The highest BCUT2D eigenvalue weighted by Gasteiger charge is 2.17. The fourth-order valence-corrected chi connectivity index (χ4v) is 4.03. The monoisotopic (exact) mass is 407 g/mol. The molecule has 0 aliphatic carbocycles. The number of imidazole rings is 1. The van der Waals surface area contributed by atoms with Gasteiger partial charge in [-0.05, 0) is 42.0 Å². The SMILES string of the molecule is COc1ccc(-c2cn3c(C(=O)NCc4ccc5c(c4)OCO5)csc3n2)cc1. The van der Waals surface area contributed by atoms with Crippen molar-refractivity contribution in [1.82, 2.24) is 14.7 Å². The lowest BCUT2D eigenvalue weighted by atomic mass is 10.2. The zero-order valence-corrected chi connectivity index (χ0v) is 16.4. The maximum atomic E-state index is 12.7. The van der Waals surface area contributed by atoms with E-state index in [-0.39, 0.29) is 12.7 Å². The number of aromatic nitrogens is 2. The summed E-state index contributed by atoms with van der Waals surface area (Å²) in [6, 6.07) is 13.3. The van der Waals surface area contributed by atoms with E-state index in [0.717, 1.165) is 33.3 Å². The predicted octanol–water partition coefficient (Wildman–Crippen LogP) is 3.73. The number of fused-ring (bicyclic) bond motifs is 2. The molecule has 2 aromatic carbocycles. The van der Waals surface area contributed by atoms with Gasteiger partial charge in [0.2, 0.25) is 6.79 Å². The minimum atomic E-state index is -0.160. The first-order chi connectivity index (χ1) is 14.2. The molecule has 146 valence electrons. The first-order valence-electron chi connectivity index (χ1n) is 8.99. The van der Waals surface area contributed by atoms with E-state index in [1.54, 1.807) is 7.11 Å². The van der Waals surface area contributed by atoms with E-state index in [9.17, 15) is 4.79 Å². The van der Waals surface area contributed by atoms with Crippen LogP contribution in [0.1, 0.15) is 16.1 Å². The Morgan fingerprint density at radius 2 is 2.03 bits per heavy atom. The van der Waals surface area contributed by atoms with Gasteiger partial charge in [0.1, 0.15) is 11.4 Å². The number of hydrogen-bond acceptors (Lipinski definition) is 6. The summed E-state index contributed by atoms with van der Waals surface area (Å²) >= 11 is 1.43. The van der Waals surface area contributed by atoms with E-state index in [1.165, 1.54) is 11.3 Å². The van der Waals surface area contributed by atoms with Gasteiger partial charge in [0.05, 0.1) is 12.8 Å². The zero-order valence-electron chi connectivity index (χ0n) is 15.5. The Balaban J connectivity index is 1.34. The van der Waals surface area contributed by atoms with E-state index in [4.69, 9.17) is 14.2 Å². The third-order valence-electron chi connectivity index (χ3n) is 4.72. The Morgan fingerprint density at radius 3 is 2.86 bits per heavy atom. The van der Waals surface area contributed by atoms with E-state index < -0.39 is 0 Å². The van der Waals surface area contributed by atoms with Crippen LogP contribution < -0.4 is 19.5 Å². The molecule has 1 aliphatic heterocycles. The fraction of sp³-hybridized carbons (Fsp3) is 0.143. The molecular formula is C21H17N3O4S. The highest BCUT2D eigenvalue weighted by Crippen LogP contribution is 2.32. The Bertz CT molecular complexity index is 1200. The molecule has 0 saturated carbocycles. The molecule has 1 amide bonds. The minimum Gasteiger partial charge on any atom is -0.497 e. The van der Waals surface area contributed by atoms with Gasteiger partial charge in [-0.25, -0.2) is 4.98 Å². The average molecular weight is 407 g/mol. The largest absolute Gasteiger partial charge is 0.497 e. The first kappa shape index (κ1) is 17.6. The number of amides is 1. The van der Waals surface area contributed by atoms with Crippen LogP contribution >= 0.6 is 11.3 Å². The number of ether oxygens (including phenoxy) is 3. The third kappa shape index (κ3) is 3.27. The van der Waals surface area contributed by atoms with E-state index in [2.05, 4.69) is 10.3 Å². The Hall–Kier alpha value is -3.52. The molecule has 5 rings (SSSR count). The Morgan fingerprint density at radius 1 is 1.21 bits per heavy atom. The summed E-state index contributed by atoms with van der Waals surface area (Å²) in [7, 11) is 1.63. The van der Waals surface area contributed by atoms with Crippen molar-refractivity contribution in [1.29, 1.82) is 0 Å². The van der Waals surface area contributed by atoms with Gasteiger partial charge in [0.15, 0.2) is 16.5 Å². The smallest absolute Gasteiger partial charge is 0.269 e. The van der Waals surface area contributed by atoms with Crippen molar-refractivity contribution in [2.45, 2.75) is 6.54 Å². The highest BCUT2D eigenvalue weighted by molar-refractivity contribution is 7.15. The first-order valence-corrected chi connectivity index (χ1v) is 9.87. The summed E-state index contributed by atoms with van der Waals surface area (Å²) in [5.74, 6) is 2.06. The zero-order chi connectivity index (χ0) is 19.8. The van der Waals surface area contributed by atoms with Gasteiger partial charge < -0.3 is 19.5 Å². The maximum absolute atomic E-state index is 12.7. The highest BCUT2D eigenvalue weighted by atomic mass is 32.1. The van der Waals surface area contributed by atoms with Crippen molar-refractivity contribution in [2.75, 3.05) is 13.9 Å². The van der Waals surface area contributed by atoms with E-state index in [1.807, 2.05) is 58.4 Å². The lowest BCUT2D eigenvalue weighted by molar-refractivity contribution is 0.0945. The lowest BCUT2D eigenvalue weighted by Crippen LogP contribution is -2.23. The number of carbonyl (C=O) groups is 1. The van der Waals surface area contributed by atoms with Gasteiger partial charge in [-0.15, -0.1) is 11.3 Å². The molecule has 1 aliphatic rings. The van der Waals surface area contributed by atoms with Crippen LogP contribution in [0.3, 0.4) is 0 Å². The number of hydrogen-bond donors (Lipinski definition) is 1. The molecule has 8 heteroatoms. The molecule has 3 heterocycles. The van der Waals surface area contributed by atoms with Gasteiger partial charge >= 0.3 is 0 Å². The summed E-state index contributed by atoms with van der Waals surface area (Å²) < 4.78 is 17.7. The number of methoxy groups -OCH3 is 1. The molecule has 29 heavy (non-hydrogen) atoms. The van der Waals surface area contributed by atoms with Gasteiger partial charge in [-0.3, -0.25) is 9.20 Å². The van der Waals surface area contributed by atoms with Crippen LogP contribution in [0.15, 0.2) is 54.0 Å². The number of rotatable bonds is 5. The van der Waals surface area contributed by atoms with Crippen LogP contribution in [-0.4, -0.2) is 29.2 Å². The number of carbonyl (C=O) groups excluding carboxylic acids is 1. The van der Waals surface area contributed by atoms with Crippen LogP contribution in [-0.2, 0) is 6.54 Å². The van der Waals surface area contributed by atoms with Crippen LogP contribution in [0.2, 0.25) is 0 Å². The molecule has 0 saturated heterocycles. The van der Waals surface area contributed by atoms with E-state index >= 15 is 0 Å². The summed E-state index contributed by atoms with van der Waals surface area (Å²) in [5.41, 5.74) is 3.27. The van der Waals surface area contributed by atoms with Crippen molar-refractivity contribution in [3.63, 3.8) is 0 Å². The lowest BCUT2D eigenvalue weighted by Gasteiger charge is -2.06. The molecule has 7 nitrogen and oxygen atoms in total. The van der Waals surface area contributed by atoms with Crippen LogP contribution in [0.5, 0.6) is 17.2 Å². The molecule has 2 aromatic heterocycles. The second kappa shape index (κ2) is 7.14. The summed E-state index contributed by atoms with van der Waals surface area (Å²) in [4.78, 5) is 18.1. The van der Waals surface area contributed by atoms with E-state index in [0.29, 0.717) is 18.0 Å². The topological polar surface area (TPSA) is 74.1 Å². The van der Waals surface area contributed by atoms with Crippen LogP contribution in [0.25, 0.3) is 16.2 Å². The molecule has 1 N–H and O–H groups in total. The van der Waals surface area contributed by atoms with Gasteiger partial charge in [0.25, 0.3) is 5.91 Å². The fourth-order valence-electron chi connectivity index (χ4n) is 3.17. The predicted molar refractivity (Wildman–Crippen MR) is 109 cm³/mol. The Kier molecular flexibility index (Phi) is 4.33. The van der Waals surface area contributed by atoms with Gasteiger partial charge in [-0.2, -0.15) is 0 Å². The summed E-state index contributed by atoms with van der Waals surface area (Å²) in [6.45, 7) is 0.627. The van der Waals surface area contributed by atoms with Crippen molar-refractivity contribution < 1.29 is 19.0 Å². The molecule has 0 spiro atoms. The third-order valence-corrected chi connectivity index (χ3v) is 5.56. The van der Waals surface area contributed by atoms with Crippen molar-refractivity contribution in [3.8, 4) is 28.5 Å². The molecule has 0 fully saturated rings. The number of nitrogens with one attached hydrogen (secondary N) is 1. The Labute approximate surface area is 170 Å². The second-order valence-electron chi connectivity index (χ2n) is 6.50. The van der Waals surface area contributed by atoms with Gasteiger partial charge in [-0.1, -0.05) is 6.07 Å². The quantitative estimate of drug-likeness (QED) is 0.546. The number of nitrogens with zero attached hydrogens (tertiary/aromatic N) is 2. The van der Waals surface area contributed by atoms with Gasteiger partial charge in [0, 0.05) is 23.7 Å².